The molecule has 0 saturated carbocycles. The summed E-state index contributed by atoms with van der Waals surface area (Å²) in [5, 5.41) is 13.0. The van der Waals surface area contributed by atoms with Gasteiger partial charge in [0.1, 0.15) is 5.15 Å². The Morgan fingerprint density at radius 2 is 2.00 bits per heavy atom. The molecule has 2 aromatic rings. The van der Waals surface area contributed by atoms with E-state index in [0.29, 0.717) is 11.3 Å². The van der Waals surface area contributed by atoms with Crippen molar-refractivity contribution >= 4 is 34.9 Å². The Labute approximate surface area is 158 Å². The van der Waals surface area contributed by atoms with Gasteiger partial charge in [-0.05, 0) is 44.5 Å². The molecular formula is C17H15ClFN3O5. The second-order valence-electron chi connectivity index (χ2n) is 5.71. The van der Waals surface area contributed by atoms with E-state index in [-0.39, 0.29) is 16.4 Å². The Morgan fingerprint density at radius 1 is 1.33 bits per heavy atom. The molecule has 0 radical (unpaired) electrons. The summed E-state index contributed by atoms with van der Waals surface area (Å²) in [6.07, 6.45) is -1.24. The van der Waals surface area contributed by atoms with E-state index in [1.54, 1.807) is 19.9 Å². The summed E-state index contributed by atoms with van der Waals surface area (Å²) in [7, 11) is 0. The average molecular weight is 396 g/mol. The SMILES string of the molecule is Cc1cc(C)c(C(=O)O[C@@H](C)C(=O)Nc2ccc(F)c([N+](=O)[O-])c2)c(Cl)n1. The van der Waals surface area contributed by atoms with Crippen LogP contribution >= 0.6 is 11.6 Å². The zero-order valence-corrected chi connectivity index (χ0v) is 15.3. The van der Waals surface area contributed by atoms with Crippen LogP contribution in [0.5, 0.6) is 0 Å². The maximum atomic E-state index is 13.3. The van der Waals surface area contributed by atoms with Gasteiger partial charge in [-0.25, -0.2) is 9.78 Å². The van der Waals surface area contributed by atoms with Gasteiger partial charge >= 0.3 is 11.7 Å². The number of hydrogen-bond acceptors (Lipinski definition) is 6. The first-order valence-corrected chi connectivity index (χ1v) is 8.07. The van der Waals surface area contributed by atoms with Gasteiger partial charge in [-0.1, -0.05) is 11.6 Å². The second kappa shape index (κ2) is 8.09. The summed E-state index contributed by atoms with van der Waals surface area (Å²) in [5.41, 5.74) is 0.407. The predicted molar refractivity (Wildman–Crippen MR) is 95.3 cm³/mol. The van der Waals surface area contributed by atoms with Crippen LogP contribution in [0.25, 0.3) is 0 Å². The van der Waals surface area contributed by atoms with Crippen LogP contribution in [0, 0.1) is 29.8 Å². The number of aryl methyl sites for hydroxylation is 2. The third-order valence-corrected chi connectivity index (χ3v) is 3.84. The van der Waals surface area contributed by atoms with Crippen molar-refractivity contribution in [3.05, 3.63) is 62.2 Å². The quantitative estimate of drug-likeness (QED) is 0.358. The second-order valence-corrected chi connectivity index (χ2v) is 6.06. The molecule has 0 spiro atoms. The van der Waals surface area contributed by atoms with Crippen LogP contribution in [-0.2, 0) is 9.53 Å². The minimum Gasteiger partial charge on any atom is -0.449 e. The number of nitrogens with one attached hydrogen (secondary N) is 1. The molecule has 0 fully saturated rings. The van der Waals surface area contributed by atoms with E-state index in [1.165, 1.54) is 6.92 Å². The molecule has 0 aliphatic carbocycles. The van der Waals surface area contributed by atoms with E-state index in [0.717, 1.165) is 18.2 Å². The number of aromatic nitrogens is 1. The van der Waals surface area contributed by atoms with Gasteiger partial charge in [-0.15, -0.1) is 0 Å². The Balaban J connectivity index is 2.11. The first kappa shape index (κ1) is 20.2. The van der Waals surface area contributed by atoms with E-state index in [2.05, 4.69) is 10.3 Å². The topological polar surface area (TPSA) is 111 Å². The highest BCUT2D eigenvalue weighted by Gasteiger charge is 2.24. The lowest BCUT2D eigenvalue weighted by atomic mass is 10.1. The number of rotatable bonds is 5. The van der Waals surface area contributed by atoms with Crippen molar-refractivity contribution in [2.24, 2.45) is 0 Å². The van der Waals surface area contributed by atoms with E-state index in [1.807, 2.05) is 0 Å². The minimum atomic E-state index is -1.24. The number of pyridine rings is 1. The van der Waals surface area contributed by atoms with E-state index in [9.17, 15) is 24.1 Å². The fourth-order valence-electron chi connectivity index (χ4n) is 2.28. The third-order valence-electron chi connectivity index (χ3n) is 3.57. The Morgan fingerprint density at radius 3 is 2.59 bits per heavy atom. The first-order valence-electron chi connectivity index (χ1n) is 7.69. The van der Waals surface area contributed by atoms with Gasteiger partial charge in [0.2, 0.25) is 5.82 Å². The van der Waals surface area contributed by atoms with Crippen LogP contribution in [0.4, 0.5) is 15.8 Å². The Hall–Kier alpha value is -3.07. The number of esters is 1. The van der Waals surface area contributed by atoms with Crippen molar-refractivity contribution in [3.63, 3.8) is 0 Å². The van der Waals surface area contributed by atoms with Crippen LogP contribution in [0.1, 0.15) is 28.5 Å². The van der Waals surface area contributed by atoms with E-state index in [4.69, 9.17) is 16.3 Å². The van der Waals surface area contributed by atoms with Crippen molar-refractivity contribution in [2.45, 2.75) is 26.9 Å². The molecule has 142 valence electrons. The summed E-state index contributed by atoms with van der Waals surface area (Å²) in [5.74, 6) is -2.62. The zero-order chi connectivity index (χ0) is 20.3. The first-order chi connectivity index (χ1) is 12.6. The molecule has 1 aromatic heterocycles. The largest absolute Gasteiger partial charge is 0.449 e. The summed E-state index contributed by atoms with van der Waals surface area (Å²) in [4.78, 5) is 38.3. The summed E-state index contributed by atoms with van der Waals surface area (Å²) in [6.45, 7) is 4.68. The van der Waals surface area contributed by atoms with Crippen molar-refractivity contribution in [1.82, 2.24) is 4.98 Å². The number of carbonyl (C=O) groups is 2. The van der Waals surface area contributed by atoms with Crippen LogP contribution < -0.4 is 5.32 Å². The average Bonchev–Trinajstić information content (AvgIpc) is 2.55. The maximum absolute atomic E-state index is 13.3. The number of halogens is 2. The van der Waals surface area contributed by atoms with Gasteiger partial charge in [0.05, 0.1) is 10.5 Å². The van der Waals surface area contributed by atoms with E-state index >= 15 is 0 Å². The highest BCUT2D eigenvalue weighted by atomic mass is 35.5. The van der Waals surface area contributed by atoms with Crippen molar-refractivity contribution in [2.75, 3.05) is 5.32 Å². The predicted octanol–water partition coefficient (Wildman–Crippen LogP) is 3.58. The standard InChI is InChI=1S/C17H15ClFN3O5/c1-8-6-9(2)20-15(18)14(8)17(24)27-10(3)16(23)21-11-4-5-12(19)13(7-11)22(25)26/h4-7,10H,1-3H3,(H,21,23)/t10-/m0/s1. The summed E-state index contributed by atoms with van der Waals surface area (Å²) < 4.78 is 18.4. The molecule has 1 amide bonds. The summed E-state index contributed by atoms with van der Waals surface area (Å²) in [6, 6.07) is 4.52. The van der Waals surface area contributed by atoms with Gasteiger partial charge in [-0.3, -0.25) is 14.9 Å². The van der Waals surface area contributed by atoms with Crippen LogP contribution in [0.2, 0.25) is 5.15 Å². The van der Waals surface area contributed by atoms with Crippen LogP contribution in [-0.4, -0.2) is 27.9 Å². The van der Waals surface area contributed by atoms with Gasteiger partial charge in [-0.2, -0.15) is 4.39 Å². The molecule has 0 bridgehead atoms. The number of ether oxygens (including phenoxy) is 1. The molecule has 27 heavy (non-hydrogen) atoms. The molecule has 2 rings (SSSR count). The zero-order valence-electron chi connectivity index (χ0n) is 14.6. The molecule has 0 aliphatic rings. The molecule has 0 saturated heterocycles. The lowest BCUT2D eigenvalue weighted by molar-refractivity contribution is -0.387. The number of nitrogens with zero attached hydrogens (tertiary/aromatic N) is 2. The summed E-state index contributed by atoms with van der Waals surface area (Å²) >= 11 is 5.97. The molecule has 1 N–H and O–H groups in total. The number of hydrogen-bond donors (Lipinski definition) is 1. The minimum absolute atomic E-state index is 0.0118. The smallest absolute Gasteiger partial charge is 0.342 e. The van der Waals surface area contributed by atoms with Crippen molar-refractivity contribution in [1.29, 1.82) is 0 Å². The number of benzene rings is 1. The maximum Gasteiger partial charge on any atom is 0.342 e. The van der Waals surface area contributed by atoms with Gasteiger partial charge in [0, 0.05) is 17.4 Å². The fourth-order valence-corrected chi connectivity index (χ4v) is 2.64. The lowest BCUT2D eigenvalue weighted by Crippen LogP contribution is -2.30. The number of carbonyl (C=O) groups excluding carboxylic acids is 2. The molecule has 0 aliphatic heterocycles. The Bertz CT molecular complexity index is 912. The van der Waals surface area contributed by atoms with E-state index < -0.39 is 34.4 Å². The van der Waals surface area contributed by atoms with Crippen molar-refractivity contribution < 1.29 is 23.6 Å². The molecule has 1 heterocycles. The highest BCUT2D eigenvalue weighted by molar-refractivity contribution is 6.32. The number of anilines is 1. The number of amides is 1. The molecule has 10 heteroatoms. The molecule has 1 aromatic carbocycles. The van der Waals surface area contributed by atoms with Gasteiger partial charge in [0.25, 0.3) is 5.91 Å². The molecular weight excluding hydrogens is 381 g/mol. The van der Waals surface area contributed by atoms with Crippen LogP contribution in [0.3, 0.4) is 0 Å². The lowest BCUT2D eigenvalue weighted by Gasteiger charge is -2.15. The molecule has 1 atom stereocenters. The fraction of sp³-hybridized carbons (Fsp3) is 0.235. The number of nitro benzene ring substituents is 1. The third kappa shape index (κ3) is 4.76. The number of nitro groups is 1. The normalized spacial score (nSPS) is 11.6. The van der Waals surface area contributed by atoms with Gasteiger partial charge in [0.15, 0.2) is 6.10 Å². The highest BCUT2D eigenvalue weighted by Crippen LogP contribution is 2.23. The van der Waals surface area contributed by atoms with Crippen molar-refractivity contribution in [3.8, 4) is 0 Å². The monoisotopic (exact) mass is 395 g/mol. The molecule has 0 unspecified atom stereocenters. The van der Waals surface area contributed by atoms with Gasteiger partial charge < -0.3 is 10.1 Å². The molecule has 8 nitrogen and oxygen atoms in total. The Kier molecular flexibility index (Phi) is 6.06. The van der Waals surface area contributed by atoms with Crippen LogP contribution in [0.15, 0.2) is 24.3 Å².